The van der Waals surface area contributed by atoms with Gasteiger partial charge in [-0.3, -0.25) is 0 Å². The SMILES string of the molecule is Brc1cccc(-c2nc3n(n2)N=C(c2ccccc2)CS3)c1. The van der Waals surface area contributed by atoms with Gasteiger partial charge < -0.3 is 0 Å². The summed E-state index contributed by atoms with van der Waals surface area (Å²) in [5.74, 6) is 1.50. The monoisotopic (exact) mass is 370 g/mol. The van der Waals surface area contributed by atoms with Crippen molar-refractivity contribution >= 4 is 33.4 Å². The van der Waals surface area contributed by atoms with Crippen LogP contribution in [-0.2, 0) is 0 Å². The Morgan fingerprint density at radius 3 is 2.64 bits per heavy atom. The van der Waals surface area contributed by atoms with Crippen molar-refractivity contribution in [2.24, 2.45) is 5.10 Å². The molecule has 2 aromatic carbocycles. The Balaban J connectivity index is 1.73. The largest absolute Gasteiger partial charge is 0.211 e. The summed E-state index contributed by atoms with van der Waals surface area (Å²) < 4.78 is 1.01. The number of nitrogens with zero attached hydrogens (tertiary/aromatic N) is 4. The molecule has 1 aliphatic rings. The van der Waals surface area contributed by atoms with Crippen LogP contribution in [-0.4, -0.2) is 26.3 Å². The summed E-state index contributed by atoms with van der Waals surface area (Å²) in [4.78, 5) is 6.21. The van der Waals surface area contributed by atoms with Crippen LogP contribution in [0.1, 0.15) is 5.56 Å². The molecular formula is C16H11BrN4S. The molecule has 0 bridgehead atoms. The van der Waals surface area contributed by atoms with Crippen LogP contribution in [0.25, 0.3) is 11.4 Å². The third-order valence-electron chi connectivity index (χ3n) is 3.31. The third kappa shape index (κ3) is 2.60. The molecule has 0 radical (unpaired) electrons. The minimum atomic E-state index is 0.696. The summed E-state index contributed by atoms with van der Waals surface area (Å²) in [6.07, 6.45) is 0. The van der Waals surface area contributed by atoms with Gasteiger partial charge in [-0.2, -0.15) is 10.1 Å². The zero-order chi connectivity index (χ0) is 14.9. The molecule has 0 fully saturated rings. The van der Waals surface area contributed by atoms with Crippen LogP contribution in [0, 0.1) is 0 Å². The van der Waals surface area contributed by atoms with Crippen LogP contribution >= 0.6 is 27.7 Å². The van der Waals surface area contributed by atoms with Crippen LogP contribution in [0.2, 0.25) is 0 Å². The Morgan fingerprint density at radius 1 is 1.00 bits per heavy atom. The molecule has 0 N–H and O–H groups in total. The highest BCUT2D eigenvalue weighted by Crippen LogP contribution is 2.27. The van der Waals surface area contributed by atoms with E-state index in [0.717, 1.165) is 32.2 Å². The summed E-state index contributed by atoms with van der Waals surface area (Å²) in [6, 6.07) is 18.1. The van der Waals surface area contributed by atoms with Gasteiger partial charge >= 0.3 is 0 Å². The number of halogens is 1. The zero-order valence-electron chi connectivity index (χ0n) is 11.5. The number of benzene rings is 2. The Labute approximate surface area is 140 Å². The topological polar surface area (TPSA) is 43.1 Å². The second kappa shape index (κ2) is 5.70. The molecule has 3 aromatic rings. The molecular weight excluding hydrogens is 360 g/mol. The zero-order valence-corrected chi connectivity index (χ0v) is 13.9. The fourth-order valence-corrected chi connectivity index (χ4v) is 3.48. The van der Waals surface area contributed by atoms with E-state index in [1.807, 2.05) is 42.5 Å². The molecule has 0 unspecified atom stereocenters. The molecule has 4 rings (SSSR count). The molecule has 1 aliphatic heterocycles. The van der Waals surface area contributed by atoms with E-state index in [1.54, 1.807) is 16.6 Å². The molecule has 0 saturated heterocycles. The van der Waals surface area contributed by atoms with Crippen molar-refractivity contribution in [3.05, 3.63) is 64.6 Å². The van der Waals surface area contributed by atoms with Gasteiger partial charge in [0.2, 0.25) is 5.16 Å². The predicted octanol–water partition coefficient (Wildman–Crippen LogP) is 4.07. The van der Waals surface area contributed by atoms with Crippen LogP contribution in [0.3, 0.4) is 0 Å². The number of thioether (sulfide) groups is 1. The first-order chi connectivity index (χ1) is 10.8. The van der Waals surface area contributed by atoms with Crippen molar-refractivity contribution < 1.29 is 0 Å². The van der Waals surface area contributed by atoms with Gasteiger partial charge in [-0.05, 0) is 17.7 Å². The smallest absolute Gasteiger partial charge is 0.199 e. The van der Waals surface area contributed by atoms with Crippen molar-refractivity contribution in [1.29, 1.82) is 0 Å². The maximum atomic E-state index is 4.61. The molecule has 0 spiro atoms. The minimum Gasteiger partial charge on any atom is -0.199 e. The van der Waals surface area contributed by atoms with E-state index >= 15 is 0 Å². The lowest BCUT2D eigenvalue weighted by Gasteiger charge is -2.11. The van der Waals surface area contributed by atoms with Gasteiger partial charge in [0.25, 0.3) is 0 Å². The predicted molar refractivity (Wildman–Crippen MR) is 92.3 cm³/mol. The second-order valence-electron chi connectivity index (χ2n) is 4.82. The number of hydrogen-bond donors (Lipinski definition) is 0. The summed E-state index contributed by atoms with van der Waals surface area (Å²) in [5.41, 5.74) is 3.12. The van der Waals surface area contributed by atoms with E-state index in [-0.39, 0.29) is 0 Å². The molecule has 1 aromatic heterocycles. The Kier molecular flexibility index (Phi) is 3.56. The summed E-state index contributed by atoms with van der Waals surface area (Å²) >= 11 is 5.13. The van der Waals surface area contributed by atoms with Crippen molar-refractivity contribution in [2.45, 2.75) is 5.16 Å². The molecule has 108 valence electrons. The summed E-state index contributed by atoms with van der Waals surface area (Å²) in [6.45, 7) is 0. The normalized spacial score (nSPS) is 13.6. The lowest BCUT2D eigenvalue weighted by molar-refractivity contribution is 0.659. The number of rotatable bonds is 2. The first-order valence-corrected chi connectivity index (χ1v) is 8.56. The van der Waals surface area contributed by atoms with Crippen molar-refractivity contribution in [3.63, 3.8) is 0 Å². The average Bonchev–Trinajstić information content (AvgIpc) is 2.99. The van der Waals surface area contributed by atoms with E-state index in [4.69, 9.17) is 0 Å². The molecule has 4 nitrogen and oxygen atoms in total. The highest BCUT2D eigenvalue weighted by molar-refractivity contribution is 9.10. The lowest BCUT2D eigenvalue weighted by Crippen LogP contribution is -2.13. The third-order valence-corrected chi connectivity index (χ3v) is 4.73. The molecule has 0 saturated carbocycles. The van der Waals surface area contributed by atoms with Gasteiger partial charge in [0.05, 0.1) is 5.71 Å². The van der Waals surface area contributed by atoms with E-state index in [2.05, 4.69) is 43.2 Å². The first-order valence-electron chi connectivity index (χ1n) is 6.79. The second-order valence-corrected chi connectivity index (χ2v) is 6.68. The van der Waals surface area contributed by atoms with Crippen molar-refractivity contribution in [1.82, 2.24) is 14.9 Å². The van der Waals surface area contributed by atoms with Gasteiger partial charge in [0, 0.05) is 15.8 Å². The minimum absolute atomic E-state index is 0.696. The molecule has 0 aliphatic carbocycles. The van der Waals surface area contributed by atoms with Gasteiger partial charge in [0.1, 0.15) is 0 Å². The lowest BCUT2D eigenvalue weighted by atomic mass is 10.1. The molecule has 0 amide bonds. The van der Waals surface area contributed by atoms with E-state index in [9.17, 15) is 0 Å². The van der Waals surface area contributed by atoms with Crippen molar-refractivity contribution in [2.75, 3.05) is 5.75 Å². The van der Waals surface area contributed by atoms with Crippen LogP contribution < -0.4 is 0 Å². The van der Waals surface area contributed by atoms with Gasteiger partial charge in [-0.15, -0.1) is 9.89 Å². The Bertz CT molecular complexity index is 858. The Hall–Kier alpha value is -1.92. The van der Waals surface area contributed by atoms with Gasteiger partial charge in [0.15, 0.2) is 5.82 Å². The average molecular weight is 371 g/mol. The number of aromatic nitrogens is 3. The van der Waals surface area contributed by atoms with Crippen LogP contribution in [0.4, 0.5) is 0 Å². The molecule has 0 atom stereocenters. The van der Waals surface area contributed by atoms with E-state index in [0.29, 0.717) is 5.82 Å². The molecule has 22 heavy (non-hydrogen) atoms. The standard InChI is InChI=1S/C16H11BrN4S/c17-13-8-4-7-12(9-13)15-18-16-21(20-15)19-14(10-22-16)11-5-2-1-3-6-11/h1-9H,10H2. The number of fused-ring (bicyclic) bond motifs is 1. The molecule has 2 heterocycles. The maximum Gasteiger partial charge on any atom is 0.211 e. The highest BCUT2D eigenvalue weighted by Gasteiger charge is 2.18. The quantitative estimate of drug-likeness (QED) is 0.682. The van der Waals surface area contributed by atoms with Crippen molar-refractivity contribution in [3.8, 4) is 11.4 Å². The maximum absolute atomic E-state index is 4.61. The summed E-state index contributed by atoms with van der Waals surface area (Å²) in [7, 11) is 0. The van der Waals surface area contributed by atoms with Gasteiger partial charge in [-0.25, -0.2) is 0 Å². The summed E-state index contributed by atoms with van der Waals surface area (Å²) in [5, 5.41) is 9.95. The fourth-order valence-electron chi connectivity index (χ4n) is 2.24. The highest BCUT2D eigenvalue weighted by atomic mass is 79.9. The number of hydrogen-bond acceptors (Lipinski definition) is 4. The van der Waals surface area contributed by atoms with Crippen LogP contribution in [0.5, 0.6) is 0 Å². The molecule has 6 heteroatoms. The van der Waals surface area contributed by atoms with E-state index < -0.39 is 0 Å². The van der Waals surface area contributed by atoms with E-state index in [1.165, 1.54) is 0 Å². The first kappa shape index (κ1) is 13.7. The Morgan fingerprint density at radius 2 is 1.82 bits per heavy atom. The fraction of sp³-hybridized carbons (Fsp3) is 0.0625. The van der Waals surface area contributed by atoms with Crippen LogP contribution in [0.15, 0.2) is 69.3 Å². The van der Waals surface area contributed by atoms with Gasteiger partial charge in [-0.1, -0.05) is 70.2 Å².